The minimum absolute atomic E-state index is 0.294. The normalized spacial score (nSPS) is 41.1. The predicted octanol–water partition coefficient (Wildman–Crippen LogP) is 2.60. The van der Waals surface area contributed by atoms with E-state index in [9.17, 15) is 0 Å². The highest BCUT2D eigenvalue weighted by atomic mass is 15.3. The van der Waals surface area contributed by atoms with E-state index in [0.29, 0.717) is 5.54 Å². The van der Waals surface area contributed by atoms with Crippen LogP contribution < -0.4 is 5.73 Å². The highest BCUT2D eigenvalue weighted by molar-refractivity contribution is 5.08. The van der Waals surface area contributed by atoms with Gasteiger partial charge in [-0.3, -0.25) is 9.80 Å². The molecule has 1 spiro atoms. The van der Waals surface area contributed by atoms with E-state index in [2.05, 4.69) is 16.7 Å². The molecule has 0 radical (unpaired) electrons. The molecule has 2 aliphatic carbocycles. The van der Waals surface area contributed by atoms with Gasteiger partial charge >= 0.3 is 0 Å². The Kier molecular flexibility index (Phi) is 3.59. The molecular weight excluding hydrogens is 258 g/mol. The molecule has 4 aliphatic rings. The fourth-order valence-corrected chi connectivity index (χ4v) is 5.71. The summed E-state index contributed by atoms with van der Waals surface area (Å²) in [5, 5.41) is 0. The van der Waals surface area contributed by atoms with Crippen molar-refractivity contribution >= 4 is 0 Å². The lowest BCUT2D eigenvalue weighted by atomic mass is 9.75. The molecule has 0 bridgehead atoms. The largest absolute Gasteiger partial charge is 0.329 e. The van der Waals surface area contributed by atoms with Crippen LogP contribution in [0, 0.1) is 5.41 Å². The van der Waals surface area contributed by atoms with E-state index in [-0.39, 0.29) is 0 Å². The number of hydrogen-bond donors (Lipinski definition) is 1. The third-order valence-corrected chi connectivity index (χ3v) is 7.27. The summed E-state index contributed by atoms with van der Waals surface area (Å²) in [6.45, 7) is 7.14. The first-order chi connectivity index (χ1) is 10.2. The zero-order chi connectivity index (χ0) is 14.5. The van der Waals surface area contributed by atoms with Gasteiger partial charge in [0.05, 0.1) is 0 Å². The summed E-state index contributed by atoms with van der Waals surface area (Å²) in [4.78, 5) is 5.57. The van der Waals surface area contributed by atoms with Crippen LogP contribution in [0.25, 0.3) is 0 Å². The summed E-state index contributed by atoms with van der Waals surface area (Å²) in [7, 11) is 0. The minimum Gasteiger partial charge on any atom is -0.329 e. The fourth-order valence-electron chi connectivity index (χ4n) is 5.71. The van der Waals surface area contributed by atoms with Crippen molar-refractivity contribution < 1.29 is 0 Å². The first-order valence-corrected chi connectivity index (χ1v) is 9.37. The SMILES string of the molecule is CC1CC(CN)(N2CCC3(CCCC3)CC2)CN1C1CC1. The molecule has 2 atom stereocenters. The Morgan fingerprint density at radius 2 is 1.71 bits per heavy atom. The Bertz CT molecular complexity index is 376. The van der Waals surface area contributed by atoms with Gasteiger partial charge in [0, 0.05) is 30.7 Å². The maximum Gasteiger partial charge on any atom is 0.0473 e. The van der Waals surface area contributed by atoms with E-state index in [1.807, 2.05) is 0 Å². The maximum absolute atomic E-state index is 6.32. The smallest absolute Gasteiger partial charge is 0.0473 e. The second kappa shape index (κ2) is 5.21. The lowest BCUT2D eigenvalue weighted by Crippen LogP contribution is -2.58. The lowest BCUT2D eigenvalue weighted by molar-refractivity contribution is 0.0258. The molecule has 0 aromatic carbocycles. The molecule has 4 rings (SSSR count). The number of nitrogens with two attached hydrogens (primary N) is 1. The van der Waals surface area contributed by atoms with E-state index < -0.39 is 0 Å². The summed E-state index contributed by atoms with van der Waals surface area (Å²) in [5.74, 6) is 0. The number of piperidine rings is 1. The van der Waals surface area contributed by atoms with Gasteiger partial charge in [0.15, 0.2) is 0 Å². The molecular formula is C18H33N3. The average molecular weight is 291 g/mol. The Labute approximate surface area is 130 Å². The van der Waals surface area contributed by atoms with Gasteiger partial charge in [-0.25, -0.2) is 0 Å². The Hall–Kier alpha value is -0.120. The van der Waals surface area contributed by atoms with Crippen LogP contribution in [-0.2, 0) is 0 Å². The van der Waals surface area contributed by atoms with Crippen LogP contribution in [0.2, 0.25) is 0 Å². The van der Waals surface area contributed by atoms with E-state index in [1.54, 1.807) is 0 Å². The van der Waals surface area contributed by atoms with Gasteiger partial charge in [0.25, 0.3) is 0 Å². The van der Waals surface area contributed by atoms with Gasteiger partial charge in [0.1, 0.15) is 0 Å². The molecule has 0 aromatic heterocycles. The van der Waals surface area contributed by atoms with Gasteiger partial charge in [-0.1, -0.05) is 12.8 Å². The third kappa shape index (κ3) is 2.46. The third-order valence-electron chi connectivity index (χ3n) is 7.27. The van der Waals surface area contributed by atoms with E-state index >= 15 is 0 Å². The molecule has 2 saturated heterocycles. The molecule has 0 aromatic rings. The lowest BCUT2D eigenvalue weighted by Gasteiger charge is -2.48. The van der Waals surface area contributed by atoms with Crippen LogP contribution in [0.4, 0.5) is 0 Å². The summed E-state index contributed by atoms with van der Waals surface area (Å²) < 4.78 is 0. The summed E-state index contributed by atoms with van der Waals surface area (Å²) in [5.41, 5.74) is 7.34. The Morgan fingerprint density at radius 1 is 1.05 bits per heavy atom. The van der Waals surface area contributed by atoms with Crippen LogP contribution in [-0.4, -0.2) is 53.6 Å². The molecule has 2 saturated carbocycles. The minimum atomic E-state index is 0.294. The number of likely N-dealkylation sites (tertiary alicyclic amines) is 2. The van der Waals surface area contributed by atoms with Crippen LogP contribution in [0.15, 0.2) is 0 Å². The predicted molar refractivity (Wildman–Crippen MR) is 87.3 cm³/mol. The highest BCUT2D eigenvalue weighted by Crippen LogP contribution is 2.48. The van der Waals surface area contributed by atoms with Gasteiger partial charge in [-0.05, 0) is 70.4 Å². The zero-order valence-electron chi connectivity index (χ0n) is 13.8. The maximum atomic E-state index is 6.32. The van der Waals surface area contributed by atoms with Gasteiger partial charge in [-0.15, -0.1) is 0 Å². The molecule has 2 aliphatic heterocycles. The Morgan fingerprint density at radius 3 is 2.29 bits per heavy atom. The van der Waals surface area contributed by atoms with Gasteiger partial charge in [-0.2, -0.15) is 0 Å². The molecule has 3 nitrogen and oxygen atoms in total. The quantitative estimate of drug-likeness (QED) is 0.867. The van der Waals surface area contributed by atoms with Crippen molar-refractivity contribution in [1.82, 2.24) is 9.80 Å². The van der Waals surface area contributed by atoms with Crippen molar-refractivity contribution in [3.05, 3.63) is 0 Å². The van der Waals surface area contributed by atoms with Crippen LogP contribution in [0.3, 0.4) is 0 Å². The number of nitrogens with zero attached hydrogens (tertiary/aromatic N) is 2. The summed E-state index contributed by atoms with van der Waals surface area (Å²) in [6, 6.07) is 1.63. The molecule has 21 heavy (non-hydrogen) atoms. The monoisotopic (exact) mass is 291 g/mol. The molecule has 4 fully saturated rings. The van der Waals surface area contributed by atoms with Crippen LogP contribution in [0.1, 0.15) is 64.7 Å². The zero-order valence-corrected chi connectivity index (χ0v) is 13.8. The fraction of sp³-hybridized carbons (Fsp3) is 1.00. The Balaban J connectivity index is 1.44. The van der Waals surface area contributed by atoms with Crippen LogP contribution >= 0.6 is 0 Å². The molecule has 120 valence electrons. The first-order valence-electron chi connectivity index (χ1n) is 9.37. The number of rotatable bonds is 3. The van der Waals surface area contributed by atoms with E-state index in [4.69, 9.17) is 5.73 Å². The average Bonchev–Trinajstić information content (AvgIpc) is 3.16. The van der Waals surface area contributed by atoms with Crippen molar-refractivity contribution in [3.8, 4) is 0 Å². The van der Waals surface area contributed by atoms with Gasteiger partial charge < -0.3 is 5.73 Å². The molecule has 2 heterocycles. The number of hydrogen-bond acceptors (Lipinski definition) is 3. The van der Waals surface area contributed by atoms with E-state index in [1.165, 1.54) is 77.4 Å². The molecule has 0 amide bonds. The van der Waals surface area contributed by atoms with Crippen molar-refractivity contribution in [2.24, 2.45) is 11.1 Å². The van der Waals surface area contributed by atoms with E-state index in [0.717, 1.165) is 24.0 Å². The molecule has 3 heteroatoms. The van der Waals surface area contributed by atoms with Crippen molar-refractivity contribution in [1.29, 1.82) is 0 Å². The van der Waals surface area contributed by atoms with Gasteiger partial charge in [0.2, 0.25) is 0 Å². The van der Waals surface area contributed by atoms with Crippen LogP contribution in [0.5, 0.6) is 0 Å². The summed E-state index contributed by atoms with van der Waals surface area (Å²) in [6.07, 6.45) is 13.0. The standard InChI is InChI=1S/C18H33N3/c1-15-12-18(13-19,14-21(15)16-4-5-16)20-10-8-17(9-11-20)6-2-3-7-17/h15-16H,2-14,19H2,1H3. The molecule has 2 unspecified atom stereocenters. The van der Waals surface area contributed by atoms with Crippen molar-refractivity contribution in [3.63, 3.8) is 0 Å². The second-order valence-electron chi connectivity index (χ2n) is 8.58. The topological polar surface area (TPSA) is 32.5 Å². The summed E-state index contributed by atoms with van der Waals surface area (Å²) >= 11 is 0. The van der Waals surface area contributed by atoms with Crippen molar-refractivity contribution in [2.45, 2.75) is 82.3 Å². The second-order valence-corrected chi connectivity index (χ2v) is 8.58. The van der Waals surface area contributed by atoms with Crippen molar-refractivity contribution in [2.75, 3.05) is 26.2 Å². The molecule has 2 N–H and O–H groups in total. The highest BCUT2D eigenvalue weighted by Gasteiger charge is 2.51. The first kappa shape index (κ1) is 14.5.